The molecular weight excluding hydrogens is 596 g/mol. The molecule has 0 aliphatic heterocycles. The predicted molar refractivity (Wildman–Crippen MR) is 187 cm³/mol. The Hall–Kier alpha value is -3.39. The van der Waals surface area contributed by atoms with Gasteiger partial charge < -0.3 is 23.1 Å². The number of aryl methyl sites for hydroxylation is 3. The summed E-state index contributed by atoms with van der Waals surface area (Å²) in [7, 11) is 0. The highest BCUT2D eigenvalue weighted by atomic mass is 16.6. The van der Waals surface area contributed by atoms with Crippen LogP contribution in [0.3, 0.4) is 0 Å². The van der Waals surface area contributed by atoms with Crippen molar-refractivity contribution >= 4 is 17.7 Å². The molecule has 47 heavy (non-hydrogen) atoms. The molecule has 0 unspecified atom stereocenters. The fourth-order valence-electron chi connectivity index (χ4n) is 3.24. The Bertz CT molecular complexity index is 1320. The molecule has 8 nitrogen and oxygen atoms in total. The van der Waals surface area contributed by atoms with E-state index in [1.54, 1.807) is 40.0 Å². The molecule has 3 aromatic rings. The lowest BCUT2D eigenvalue weighted by Gasteiger charge is -2.27. The molecule has 1 atom stereocenters. The first kappa shape index (κ1) is 43.6. The van der Waals surface area contributed by atoms with Gasteiger partial charge in [-0.25, -0.2) is 0 Å². The summed E-state index contributed by atoms with van der Waals surface area (Å²) in [6.45, 7) is 28.6. The van der Waals surface area contributed by atoms with Gasteiger partial charge in [0.15, 0.2) is 5.76 Å². The summed E-state index contributed by atoms with van der Waals surface area (Å²) in [5.74, 6) is 2.97. The maximum Gasteiger partial charge on any atom is 0.319 e. The van der Waals surface area contributed by atoms with Crippen LogP contribution in [0.15, 0.2) is 55.9 Å². The third kappa shape index (κ3) is 14.5. The number of hydrogen-bond donors (Lipinski definition) is 1. The van der Waals surface area contributed by atoms with Gasteiger partial charge in [-0.3, -0.25) is 14.4 Å². The number of hydrogen-bond acceptors (Lipinski definition) is 8. The first-order valence-corrected chi connectivity index (χ1v) is 16.6. The Morgan fingerprint density at radius 1 is 0.660 bits per heavy atom. The first-order chi connectivity index (χ1) is 21.5. The first-order valence-electron chi connectivity index (χ1n) is 16.6. The summed E-state index contributed by atoms with van der Waals surface area (Å²) in [6.07, 6.45) is 4.22. The van der Waals surface area contributed by atoms with Crippen LogP contribution < -0.4 is 0 Å². The Balaban J connectivity index is 0.000000620. The van der Waals surface area contributed by atoms with Crippen molar-refractivity contribution < 1.29 is 37.5 Å². The van der Waals surface area contributed by atoms with E-state index in [-0.39, 0.29) is 16.6 Å². The van der Waals surface area contributed by atoms with Gasteiger partial charge in [0.25, 0.3) is 0 Å². The molecular formula is C39H62O8. The highest BCUT2D eigenvalue weighted by Gasteiger charge is 2.35. The molecule has 3 aromatic heterocycles. The minimum atomic E-state index is -0.584. The van der Waals surface area contributed by atoms with Gasteiger partial charge >= 0.3 is 11.9 Å². The zero-order valence-corrected chi connectivity index (χ0v) is 31.8. The van der Waals surface area contributed by atoms with Gasteiger partial charge in [-0.15, -0.1) is 0 Å². The zero-order valence-electron chi connectivity index (χ0n) is 31.8. The van der Waals surface area contributed by atoms with Gasteiger partial charge in [0, 0.05) is 5.41 Å². The highest BCUT2D eigenvalue weighted by molar-refractivity contribution is 5.97. The van der Waals surface area contributed by atoms with Crippen molar-refractivity contribution in [3.05, 3.63) is 71.5 Å². The van der Waals surface area contributed by atoms with Gasteiger partial charge in [-0.2, -0.15) is 0 Å². The largest absolute Gasteiger partial charge is 0.470 e. The summed E-state index contributed by atoms with van der Waals surface area (Å²) >= 11 is 0. The number of aliphatic hydroxyl groups is 1. The molecule has 0 spiro atoms. The molecule has 266 valence electrons. The molecule has 8 heteroatoms. The second kappa shape index (κ2) is 18.8. The van der Waals surface area contributed by atoms with E-state index in [1.807, 2.05) is 99.6 Å². The van der Waals surface area contributed by atoms with Crippen molar-refractivity contribution in [3.8, 4) is 0 Å². The fraction of sp³-hybridized carbons (Fsp3) is 0.615. The van der Waals surface area contributed by atoms with E-state index < -0.39 is 28.9 Å². The van der Waals surface area contributed by atoms with Crippen LogP contribution in [0, 0.1) is 42.4 Å². The van der Waals surface area contributed by atoms with Crippen LogP contribution in [0.1, 0.15) is 148 Å². The number of ether oxygens (including phenoxy) is 1. The topological polar surface area (TPSA) is 120 Å². The van der Waals surface area contributed by atoms with E-state index >= 15 is 0 Å². The quantitative estimate of drug-likeness (QED) is 0.130. The lowest BCUT2D eigenvalue weighted by Crippen LogP contribution is -2.34. The Morgan fingerprint density at radius 2 is 1.13 bits per heavy atom. The van der Waals surface area contributed by atoms with Crippen molar-refractivity contribution in [2.45, 2.75) is 136 Å². The average molecular weight is 659 g/mol. The highest BCUT2D eigenvalue weighted by Crippen LogP contribution is 2.36. The second-order valence-electron chi connectivity index (χ2n) is 14.5. The molecule has 0 saturated heterocycles. The number of carbonyl (C=O) groups is 3. The number of rotatable bonds is 10. The molecule has 0 saturated carbocycles. The fourth-order valence-corrected chi connectivity index (χ4v) is 3.24. The molecule has 1 N–H and O–H groups in total. The van der Waals surface area contributed by atoms with Crippen molar-refractivity contribution in [1.29, 1.82) is 0 Å². The summed E-state index contributed by atoms with van der Waals surface area (Å²) in [4.78, 5) is 35.1. The van der Waals surface area contributed by atoms with Crippen LogP contribution in [-0.2, 0) is 14.3 Å². The van der Waals surface area contributed by atoms with Crippen LogP contribution in [0.5, 0.6) is 0 Å². The molecule has 0 fully saturated rings. The van der Waals surface area contributed by atoms with Crippen LogP contribution in [-0.4, -0.2) is 22.8 Å². The third-order valence-corrected chi connectivity index (χ3v) is 8.87. The lowest BCUT2D eigenvalue weighted by atomic mass is 9.83. The zero-order chi connectivity index (χ0) is 36.8. The van der Waals surface area contributed by atoms with Crippen molar-refractivity contribution in [2.24, 2.45) is 21.7 Å². The number of ketones is 1. The van der Waals surface area contributed by atoms with E-state index in [4.69, 9.17) is 18.0 Å². The maximum atomic E-state index is 11.8. The standard InChI is InChI=1S/C12H22O3.C11H18O2.C11H16O2.C5H6O/c1-7-11(3,4)9(13)15-10(14)12(5,6)8-2;2*1-5-11(3,4)10(12)9-7-6-8(2)13-9;1-5-3-2-4-6-5/h7-8H2,1-6H3;6-7,10,12H,5H2,1-4H3;6-7H,5H2,1-4H3;2-4H,1H3/t;10-;;/m.1../s1. The smallest absolute Gasteiger partial charge is 0.319 e. The number of furan rings is 3. The Kier molecular flexibility index (Phi) is 17.5. The lowest BCUT2D eigenvalue weighted by molar-refractivity contribution is -0.172. The van der Waals surface area contributed by atoms with Gasteiger partial charge in [-0.1, -0.05) is 55.4 Å². The second-order valence-corrected chi connectivity index (χ2v) is 14.5. The molecule has 3 heterocycles. The number of carbonyl (C=O) groups excluding carboxylic acids is 3. The monoisotopic (exact) mass is 658 g/mol. The number of Topliss-reactive ketones (excluding diaryl/α,β-unsaturated/α-hetero) is 1. The van der Waals surface area contributed by atoms with Crippen LogP contribution in [0.2, 0.25) is 0 Å². The van der Waals surface area contributed by atoms with Gasteiger partial charge in [0.2, 0.25) is 5.78 Å². The minimum absolute atomic E-state index is 0.0862. The summed E-state index contributed by atoms with van der Waals surface area (Å²) in [5, 5.41) is 9.97. The Labute approximate surface area is 283 Å². The van der Waals surface area contributed by atoms with E-state index in [0.717, 1.165) is 30.1 Å². The van der Waals surface area contributed by atoms with Crippen molar-refractivity contribution in [2.75, 3.05) is 0 Å². The maximum absolute atomic E-state index is 11.8. The van der Waals surface area contributed by atoms with E-state index in [1.165, 1.54) is 0 Å². The van der Waals surface area contributed by atoms with Crippen molar-refractivity contribution in [3.63, 3.8) is 0 Å². The minimum Gasteiger partial charge on any atom is -0.470 e. The van der Waals surface area contributed by atoms with Crippen LogP contribution in [0.25, 0.3) is 0 Å². The van der Waals surface area contributed by atoms with Crippen molar-refractivity contribution in [1.82, 2.24) is 0 Å². The van der Waals surface area contributed by atoms with Gasteiger partial charge in [0.1, 0.15) is 29.1 Å². The van der Waals surface area contributed by atoms with E-state index in [9.17, 15) is 19.5 Å². The third-order valence-electron chi connectivity index (χ3n) is 8.87. The Morgan fingerprint density at radius 3 is 1.43 bits per heavy atom. The molecule has 0 bridgehead atoms. The molecule has 0 aromatic carbocycles. The van der Waals surface area contributed by atoms with Gasteiger partial charge in [-0.05, 0) is 116 Å². The SMILES string of the molecule is CCC(C)(C)C(=O)OC(=O)C(C)(C)CC.CCC(C)(C)C(=O)c1ccc(C)o1.CCC(C)(C)[C@H](O)c1ccc(C)o1.Cc1ccco1. The normalized spacial score (nSPS) is 12.3. The predicted octanol–water partition coefficient (Wildman–Crippen LogP) is 10.8. The molecule has 0 aliphatic carbocycles. The average Bonchev–Trinajstić information content (AvgIpc) is 3.79. The van der Waals surface area contributed by atoms with Crippen LogP contribution in [0.4, 0.5) is 0 Å². The van der Waals surface area contributed by atoms with Gasteiger partial charge in [0.05, 0.1) is 17.1 Å². The van der Waals surface area contributed by atoms with E-state index in [0.29, 0.717) is 24.4 Å². The summed E-state index contributed by atoms with van der Waals surface area (Å²) in [5.41, 5.74) is -1.60. The number of esters is 2. The van der Waals surface area contributed by atoms with E-state index in [2.05, 4.69) is 6.92 Å². The molecule has 0 radical (unpaired) electrons. The molecule has 3 rings (SSSR count). The van der Waals surface area contributed by atoms with Crippen LogP contribution >= 0.6 is 0 Å². The summed E-state index contributed by atoms with van der Waals surface area (Å²) in [6, 6.07) is 11.1. The summed E-state index contributed by atoms with van der Waals surface area (Å²) < 4.78 is 20.4. The molecule has 0 amide bonds. The number of aliphatic hydroxyl groups excluding tert-OH is 1. The molecule has 0 aliphatic rings.